The third kappa shape index (κ3) is 4.44. The van der Waals surface area contributed by atoms with Crippen LogP contribution < -0.4 is 9.47 Å². The zero-order valence-electron chi connectivity index (χ0n) is 11.5. The molecule has 1 N–H and O–H groups in total. The first-order valence-electron chi connectivity index (χ1n) is 6.17. The van der Waals surface area contributed by atoms with Gasteiger partial charge in [-0.05, 0) is 18.1 Å². The molecule has 1 unspecified atom stereocenters. The summed E-state index contributed by atoms with van der Waals surface area (Å²) in [6.45, 7) is 2.36. The van der Waals surface area contributed by atoms with E-state index in [1.54, 1.807) is 32.4 Å². The molecule has 1 aromatic carbocycles. The molecule has 1 rings (SSSR count). The van der Waals surface area contributed by atoms with E-state index in [9.17, 15) is 4.79 Å². The predicted octanol–water partition coefficient (Wildman–Crippen LogP) is 2.13. The molecule has 1 atom stereocenters. The number of carbonyl (C=O) groups is 1. The molecular weight excluding hydrogens is 248 g/mol. The first-order valence-corrected chi connectivity index (χ1v) is 6.17. The Morgan fingerprint density at radius 2 is 2.05 bits per heavy atom. The van der Waals surface area contributed by atoms with Crippen LogP contribution in [-0.4, -0.2) is 38.0 Å². The smallest absolute Gasteiger partial charge is 0.333 e. The molecule has 0 spiro atoms. The minimum absolute atomic E-state index is 0.266. The molecular formula is C14H20O5. The standard InChI is InChI=1S/C14H20O5/c1-4-7-19-13(14(15)16)8-10-5-6-11(17-2)9-12(10)18-3/h5-6,9,13H,4,7-8H2,1-3H3,(H,15,16). The topological polar surface area (TPSA) is 65.0 Å². The highest BCUT2D eigenvalue weighted by molar-refractivity contribution is 5.73. The average Bonchev–Trinajstić information content (AvgIpc) is 2.43. The van der Waals surface area contributed by atoms with Crippen molar-refractivity contribution in [1.82, 2.24) is 0 Å². The lowest BCUT2D eigenvalue weighted by Crippen LogP contribution is -2.27. The Labute approximate surface area is 113 Å². The molecule has 0 amide bonds. The molecule has 0 heterocycles. The fourth-order valence-electron chi connectivity index (χ4n) is 1.70. The van der Waals surface area contributed by atoms with E-state index in [0.29, 0.717) is 18.1 Å². The summed E-state index contributed by atoms with van der Waals surface area (Å²) >= 11 is 0. The van der Waals surface area contributed by atoms with E-state index in [-0.39, 0.29) is 6.42 Å². The number of aliphatic carboxylic acids is 1. The average molecular weight is 268 g/mol. The van der Waals surface area contributed by atoms with Gasteiger partial charge >= 0.3 is 5.97 Å². The van der Waals surface area contributed by atoms with E-state index in [2.05, 4.69) is 0 Å². The highest BCUT2D eigenvalue weighted by atomic mass is 16.5. The molecule has 1 aromatic rings. The van der Waals surface area contributed by atoms with Crippen molar-refractivity contribution in [3.05, 3.63) is 23.8 Å². The van der Waals surface area contributed by atoms with Crippen molar-refractivity contribution in [3.8, 4) is 11.5 Å². The van der Waals surface area contributed by atoms with Gasteiger partial charge in [-0.25, -0.2) is 4.79 Å². The van der Waals surface area contributed by atoms with E-state index in [1.807, 2.05) is 6.92 Å². The fraction of sp³-hybridized carbons (Fsp3) is 0.500. The molecule has 0 aliphatic carbocycles. The lowest BCUT2D eigenvalue weighted by atomic mass is 10.1. The quantitative estimate of drug-likeness (QED) is 0.782. The molecule has 5 nitrogen and oxygen atoms in total. The first-order chi connectivity index (χ1) is 9.12. The summed E-state index contributed by atoms with van der Waals surface area (Å²) < 4.78 is 15.7. The van der Waals surface area contributed by atoms with Gasteiger partial charge in [0.25, 0.3) is 0 Å². The van der Waals surface area contributed by atoms with Gasteiger partial charge in [-0.2, -0.15) is 0 Å². The van der Waals surface area contributed by atoms with E-state index in [1.165, 1.54) is 0 Å². The molecule has 0 saturated heterocycles. The van der Waals surface area contributed by atoms with Gasteiger partial charge in [0.2, 0.25) is 0 Å². The lowest BCUT2D eigenvalue weighted by Gasteiger charge is -2.16. The second-order valence-electron chi connectivity index (χ2n) is 4.08. The van der Waals surface area contributed by atoms with Crippen LogP contribution in [0.4, 0.5) is 0 Å². The van der Waals surface area contributed by atoms with E-state index in [4.69, 9.17) is 19.3 Å². The van der Waals surface area contributed by atoms with Crippen molar-refractivity contribution in [3.63, 3.8) is 0 Å². The van der Waals surface area contributed by atoms with E-state index in [0.717, 1.165) is 12.0 Å². The van der Waals surface area contributed by atoms with Gasteiger partial charge < -0.3 is 19.3 Å². The van der Waals surface area contributed by atoms with Crippen LogP contribution in [0.1, 0.15) is 18.9 Å². The zero-order valence-corrected chi connectivity index (χ0v) is 11.5. The van der Waals surface area contributed by atoms with Crippen LogP contribution in [0.5, 0.6) is 11.5 Å². The highest BCUT2D eigenvalue weighted by Gasteiger charge is 2.20. The minimum atomic E-state index is -0.966. The Morgan fingerprint density at radius 3 is 2.58 bits per heavy atom. The Kier molecular flexibility index (Phi) is 6.15. The number of benzene rings is 1. The zero-order chi connectivity index (χ0) is 14.3. The van der Waals surface area contributed by atoms with Gasteiger partial charge in [0.05, 0.1) is 14.2 Å². The van der Waals surface area contributed by atoms with Gasteiger partial charge in [-0.3, -0.25) is 0 Å². The predicted molar refractivity (Wildman–Crippen MR) is 70.9 cm³/mol. The molecule has 0 aliphatic rings. The monoisotopic (exact) mass is 268 g/mol. The van der Waals surface area contributed by atoms with Crippen molar-refractivity contribution in [2.75, 3.05) is 20.8 Å². The number of methoxy groups -OCH3 is 2. The van der Waals surface area contributed by atoms with E-state index >= 15 is 0 Å². The largest absolute Gasteiger partial charge is 0.497 e. The summed E-state index contributed by atoms with van der Waals surface area (Å²) in [5.74, 6) is 0.305. The van der Waals surface area contributed by atoms with Crippen molar-refractivity contribution >= 4 is 5.97 Å². The SMILES string of the molecule is CCCOC(Cc1ccc(OC)cc1OC)C(=O)O. The maximum atomic E-state index is 11.1. The van der Waals surface area contributed by atoms with Crippen LogP contribution in [0.15, 0.2) is 18.2 Å². The maximum Gasteiger partial charge on any atom is 0.333 e. The summed E-state index contributed by atoms with van der Waals surface area (Å²) in [4.78, 5) is 11.1. The van der Waals surface area contributed by atoms with Crippen molar-refractivity contribution in [1.29, 1.82) is 0 Å². The molecule has 5 heteroatoms. The highest BCUT2D eigenvalue weighted by Crippen LogP contribution is 2.26. The second kappa shape index (κ2) is 7.63. The lowest BCUT2D eigenvalue weighted by molar-refractivity contribution is -0.150. The number of carboxylic acid groups (broad SMARTS) is 1. The third-order valence-electron chi connectivity index (χ3n) is 2.70. The van der Waals surface area contributed by atoms with Crippen LogP contribution in [0.2, 0.25) is 0 Å². The number of ether oxygens (including phenoxy) is 3. The molecule has 0 aliphatic heterocycles. The first kappa shape index (κ1) is 15.3. The van der Waals surface area contributed by atoms with Crippen LogP contribution in [0, 0.1) is 0 Å². The number of hydrogen-bond donors (Lipinski definition) is 1. The Morgan fingerprint density at radius 1 is 1.32 bits per heavy atom. The van der Waals surface area contributed by atoms with Gasteiger partial charge in [0, 0.05) is 19.1 Å². The molecule has 0 saturated carbocycles. The van der Waals surface area contributed by atoms with Crippen LogP contribution in [0.25, 0.3) is 0 Å². The Hall–Kier alpha value is -1.75. The molecule has 0 bridgehead atoms. The number of carboxylic acids is 1. The second-order valence-corrected chi connectivity index (χ2v) is 4.08. The molecule has 19 heavy (non-hydrogen) atoms. The summed E-state index contributed by atoms with van der Waals surface area (Å²) in [5.41, 5.74) is 0.784. The minimum Gasteiger partial charge on any atom is -0.497 e. The molecule has 0 radical (unpaired) electrons. The van der Waals surface area contributed by atoms with Gasteiger partial charge in [0.15, 0.2) is 6.10 Å². The summed E-state index contributed by atoms with van der Waals surface area (Å²) in [6.07, 6.45) is 0.189. The summed E-state index contributed by atoms with van der Waals surface area (Å²) in [6, 6.07) is 5.30. The van der Waals surface area contributed by atoms with Crippen LogP contribution in [0.3, 0.4) is 0 Å². The summed E-state index contributed by atoms with van der Waals surface area (Å²) in [5, 5.41) is 9.14. The molecule has 106 valence electrons. The van der Waals surface area contributed by atoms with Gasteiger partial charge in [-0.1, -0.05) is 13.0 Å². The van der Waals surface area contributed by atoms with Crippen LogP contribution >= 0.6 is 0 Å². The van der Waals surface area contributed by atoms with Gasteiger partial charge in [-0.15, -0.1) is 0 Å². The van der Waals surface area contributed by atoms with Crippen molar-refractivity contribution in [2.45, 2.75) is 25.9 Å². The van der Waals surface area contributed by atoms with Crippen molar-refractivity contribution < 1.29 is 24.1 Å². The summed E-state index contributed by atoms with van der Waals surface area (Å²) in [7, 11) is 3.11. The maximum absolute atomic E-state index is 11.1. The molecule has 0 aromatic heterocycles. The Balaban J connectivity index is 2.86. The number of rotatable bonds is 8. The van der Waals surface area contributed by atoms with Crippen molar-refractivity contribution in [2.24, 2.45) is 0 Å². The number of hydrogen-bond acceptors (Lipinski definition) is 4. The Bertz CT molecular complexity index is 416. The van der Waals surface area contributed by atoms with Crippen LogP contribution in [-0.2, 0) is 16.0 Å². The fourth-order valence-corrected chi connectivity index (χ4v) is 1.70. The third-order valence-corrected chi connectivity index (χ3v) is 2.70. The van der Waals surface area contributed by atoms with E-state index < -0.39 is 12.1 Å². The molecule has 0 fully saturated rings. The normalized spacial score (nSPS) is 11.9. The van der Waals surface area contributed by atoms with Gasteiger partial charge in [0.1, 0.15) is 11.5 Å².